The van der Waals surface area contributed by atoms with Gasteiger partial charge in [-0.1, -0.05) is 37.2 Å². The summed E-state index contributed by atoms with van der Waals surface area (Å²) < 4.78 is 26.5. The highest BCUT2D eigenvalue weighted by Gasteiger charge is 2.22. The molecule has 1 unspecified atom stereocenters. The first-order valence-corrected chi connectivity index (χ1v) is 6.96. The molecule has 0 saturated heterocycles. The highest BCUT2D eigenvalue weighted by molar-refractivity contribution is 8.14. The van der Waals surface area contributed by atoms with Crippen LogP contribution in [0.1, 0.15) is 13.8 Å². The Bertz CT molecular complexity index is 468. The Morgan fingerprint density at radius 3 is 2.72 bits per heavy atom. The molecule has 2 nitrogen and oxygen atoms in total. The summed E-state index contributed by atoms with van der Waals surface area (Å²) in [6.45, 7) is 4.17. The van der Waals surface area contributed by atoms with Gasteiger partial charge in [0.25, 0.3) is 0 Å². The number of nitrogens with one attached hydrogen (secondary N) is 1. The molecule has 0 radical (unpaired) electrons. The van der Waals surface area contributed by atoms with E-state index in [0.717, 1.165) is 17.9 Å². The van der Waals surface area contributed by atoms with Crippen LogP contribution < -0.4 is 5.32 Å². The standard InChI is InChI=1S/C12H13ClF2N2S/c1-6(2)10-5-18-12(16-10)17-11-8(13)3-7(14)4-9(11)15/h3-4,6,10H,5H2,1-2H3,(H,16,17). The van der Waals surface area contributed by atoms with Crippen molar-refractivity contribution in [2.45, 2.75) is 19.9 Å². The van der Waals surface area contributed by atoms with E-state index < -0.39 is 11.6 Å². The lowest BCUT2D eigenvalue weighted by Gasteiger charge is -2.09. The zero-order valence-electron chi connectivity index (χ0n) is 10.0. The Hall–Kier alpha value is -0.810. The van der Waals surface area contributed by atoms with Gasteiger partial charge in [-0.15, -0.1) is 0 Å². The lowest BCUT2D eigenvalue weighted by molar-refractivity contribution is 0.543. The van der Waals surface area contributed by atoms with E-state index in [2.05, 4.69) is 24.2 Å². The highest BCUT2D eigenvalue weighted by atomic mass is 35.5. The number of amidine groups is 1. The number of benzene rings is 1. The van der Waals surface area contributed by atoms with Crippen molar-refractivity contribution < 1.29 is 8.78 Å². The van der Waals surface area contributed by atoms with Gasteiger partial charge in [0.15, 0.2) is 11.0 Å². The van der Waals surface area contributed by atoms with Crippen LogP contribution in [0.5, 0.6) is 0 Å². The zero-order chi connectivity index (χ0) is 13.3. The molecule has 1 N–H and O–H groups in total. The van der Waals surface area contributed by atoms with Crippen LogP contribution in [0.2, 0.25) is 5.02 Å². The van der Waals surface area contributed by atoms with E-state index in [1.54, 1.807) is 0 Å². The molecule has 0 aromatic heterocycles. The topological polar surface area (TPSA) is 24.4 Å². The molecule has 2 rings (SSSR count). The maximum atomic E-state index is 13.6. The second-order valence-corrected chi connectivity index (χ2v) is 5.84. The molecular weight excluding hydrogens is 278 g/mol. The van der Waals surface area contributed by atoms with Crippen molar-refractivity contribution in [1.29, 1.82) is 0 Å². The van der Waals surface area contributed by atoms with Crippen LogP contribution in [0, 0.1) is 17.6 Å². The van der Waals surface area contributed by atoms with Crippen molar-refractivity contribution in [1.82, 2.24) is 0 Å². The SMILES string of the molecule is CC(C)C1CSC(Nc2c(F)cc(F)cc2Cl)=N1. The maximum Gasteiger partial charge on any atom is 0.161 e. The van der Waals surface area contributed by atoms with Crippen molar-refractivity contribution in [3.63, 3.8) is 0 Å². The van der Waals surface area contributed by atoms with Crippen LogP contribution in [-0.2, 0) is 0 Å². The van der Waals surface area contributed by atoms with Gasteiger partial charge in [-0.2, -0.15) is 0 Å². The van der Waals surface area contributed by atoms with Crippen LogP contribution >= 0.6 is 23.4 Å². The first-order chi connectivity index (χ1) is 8.47. The lowest BCUT2D eigenvalue weighted by atomic mass is 10.1. The van der Waals surface area contributed by atoms with Crippen molar-refractivity contribution in [3.05, 3.63) is 28.8 Å². The molecule has 1 aliphatic heterocycles. The normalized spacial score (nSPS) is 19.2. The number of aliphatic imine (C=N–C) groups is 1. The van der Waals surface area contributed by atoms with Gasteiger partial charge in [-0.25, -0.2) is 8.78 Å². The van der Waals surface area contributed by atoms with E-state index >= 15 is 0 Å². The molecule has 0 spiro atoms. The summed E-state index contributed by atoms with van der Waals surface area (Å²) in [6.07, 6.45) is 0. The average Bonchev–Trinajstić information content (AvgIpc) is 2.71. The van der Waals surface area contributed by atoms with E-state index in [1.807, 2.05) is 0 Å². The van der Waals surface area contributed by atoms with Gasteiger partial charge in [-0.3, -0.25) is 4.99 Å². The molecule has 0 bridgehead atoms. The molecule has 1 aromatic rings. The summed E-state index contributed by atoms with van der Waals surface area (Å²) >= 11 is 7.32. The third-order valence-electron chi connectivity index (χ3n) is 2.68. The van der Waals surface area contributed by atoms with E-state index in [-0.39, 0.29) is 16.8 Å². The van der Waals surface area contributed by atoms with Gasteiger partial charge in [0.2, 0.25) is 0 Å². The van der Waals surface area contributed by atoms with Crippen LogP contribution in [0.25, 0.3) is 0 Å². The third-order valence-corrected chi connectivity index (χ3v) is 3.97. The zero-order valence-corrected chi connectivity index (χ0v) is 11.6. The Morgan fingerprint density at radius 1 is 1.44 bits per heavy atom. The molecule has 1 atom stereocenters. The van der Waals surface area contributed by atoms with E-state index in [0.29, 0.717) is 11.1 Å². The number of hydrogen-bond acceptors (Lipinski definition) is 3. The Morgan fingerprint density at radius 2 is 2.17 bits per heavy atom. The monoisotopic (exact) mass is 290 g/mol. The summed E-state index contributed by atoms with van der Waals surface area (Å²) in [6, 6.07) is 2.10. The first kappa shape index (κ1) is 13.6. The fourth-order valence-corrected chi connectivity index (χ4v) is 2.98. The van der Waals surface area contributed by atoms with Crippen molar-refractivity contribution in [2.75, 3.05) is 11.1 Å². The van der Waals surface area contributed by atoms with Gasteiger partial charge in [0.1, 0.15) is 5.82 Å². The number of thioether (sulfide) groups is 1. The number of nitrogens with zero attached hydrogens (tertiary/aromatic N) is 1. The number of anilines is 1. The molecule has 0 fully saturated rings. The summed E-state index contributed by atoms with van der Waals surface area (Å²) in [5.74, 6) is -0.105. The molecule has 0 aliphatic carbocycles. The predicted molar refractivity (Wildman–Crippen MR) is 73.5 cm³/mol. The van der Waals surface area contributed by atoms with Crippen LogP contribution in [0.4, 0.5) is 14.5 Å². The minimum Gasteiger partial charge on any atom is -0.331 e. The van der Waals surface area contributed by atoms with Gasteiger partial charge in [-0.05, 0) is 12.0 Å². The van der Waals surface area contributed by atoms with Crippen LogP contribution in [0.15, 0.2) is 17.1 Å². The lowest BCUT2D eigenvalue weighted by Crippen LogP contribution is -2.12. The van der Waals surface area contributed by atoms with E-state index in [1.165, 1.54) is 11.8 Å². The molecule has 6 heteroatoms. The fourth-order valence-electron chi connectivity index (χ4n) is 1.57. The average molecular weight is 291 g/mol. The summed E-state index contributed by atoms with van der Waals surface area (Å²) in [5.41, 5.74) is 0.0775. The van der Waals surface area contributed by atoms with Gasteiger partial charge < -0.3 is 5.32 Å². The molecule has 18 heavy (non-hydrogen) atoms. The molecule has 0 saturated carbocycles. The quantitative estimate of drug-likeness (QED) is 0.884. The maximum absolute atomic E-state index is 13.6. The largest absolute Gasteiger partial charge is 0.331 e. The third kappa shape index (κ3) is 2.95. The minimum atomic E-state index is -0.712. The smallest absolute Gasteiger partial charge is 0.161 e. The summed E-state index contributed by atoms with van der Waals surface area (Å²) in [7, 11) is 0. The first-order valence-electron chi connectivity index (χ1n) is 5.59. The Kier molecular flexibility index (Phi) is 4.12. The Balaban J connectivity index is 2.18. The molecule has 1 aromatic carbocycles. The summed E-state index contributed by atoms with van der Waals surface area (Å²) in [4.78, 5) is 4.44. The summed E-state index contributed by atoms with van der Waals surface area (Å²) in [5, 5.41) is 3.47. The van der Waals surface area contributed by atoms with Gasteiger partial charge in [0, 0.05) is 11.8 Å². The molecule has 1 heterocycles. The van der Waals surface area contributed by atoms with Gasteiger partial charge in [0.05, 0.1) is 16.8 Å². The predicted octanol–water partition coefficient (Wildman–Crippen LogP) is 4.16. The van der Waals surface area contributed by atoms with E-state index in [4.69, 9.17) is 11.6 Å². The number of halogens is 3. The highest BCUT2D eigenvalue weighted by Crippen LogP contribution is 2.30. The minimum absolute atomic E-state index is 0.0174. The fraction of sp³-hybridized carbons (Fsp3) is 0.417. The number of hydrogen-bond donors (Lipinski definition) is 1. The van der Waals surface area contributed by atoms with Crippen LogP contribution in [0.3, 0.4) is 0 Å². The number of rotatable bonds is 2. The van der Waals surface area contributed by atoms with Crippen LogP contribution in [-0.4, -0.2) is 17.0 Å². The van der Waals surface area contributed by atoms with Crippen molar-refractivity contribution in [2.24, 2.45) is 10.9 Å². The molecular formula is C12H13ClF2N2S. The second kappa shape index (κ2) is 5.45. The molecule has 98 valence electrons. The van der Waals surface area contributed by atoms with Gasteiger partial charge >= 0.3 is 0 Å². The van der Waals surface area contributed by atoms with Crippen molar-refractivity contribution in [3.8, 4) is 0 Å². The molecule has 1 aliphatic rings. The second-order valence-electron chi connectivity index (χ2n) is 4.43. The van der Waals surface area contributed by atoms with E-state index in [9.17, 15) is 8.78 Å². The van der Waals surface area contributed by atoms with Crippen molar-refractivity contribution >= 4 is 34.2 Å². The molecule has 0 amide bonds. The Labute approximate surface area is 114 Å².